The number of hydrogen-bond donors (Lipinski definition) is 3. The summed E-state index contributed by atoms with van der Waals surface area (Å²) in [4.78, 5) is 29.0. The lowest BCUT2D eigenvalue weighted by Crippen LogP contribution is -2.54. The summed E-state index contributed by atoms with van der Waals surface area (Å²) >= 11 is 0. The van der Waals surface area contributed by atoms with Crippen LogP contribution >= 0.6 is 0 Å². The quantitative estimate of drug-likeness (QED) is 0.358. The number of nitrogens with zero attached hydrogens (tertiary/aromatic N) is 1. The highest BCUT2D eigenvalue weighted by Crippen LogP contribution is 2.67. The SMILES string of the molecule is C#C[C@@]1(O)CC[C@H]2[C@@H]3CCC4=C/C(=N\OCC(=O)N[C@H](C(=O)O)[C@H](C)CC)CC[C@]4(C)[C@H]3CC[C@@]21C. The van der Waals surface area contributed by atoms with Gasteiger partial charge in [-0.2, -0.15) is 0 Å². The Labute approximate surface area is 215 Å². The van der Waals surface area contributed by atoms with Gasteiger partial charge in [-0.05, 0) is 86.5 Å². The second-order valence-electron chi connectivity index (χ2n) is 12.1. The number of carbonyl (C=O) groups is 2. The summed E-state index contributed by atoms with van der Waals surface area (Å²) in [6.45, 7) is 8.01. The van der Waals surface area contributed by atoms with Crippen molar-refractivity contribution in [2.45, 2.75) is 97.1 Å². The Hall–Kier alpha value is -2.33. The van der Waals surface area contributed by atoms with Crippen molar-refractivity contribution >= 4 is 17.6 Å². The van der Waals surface area contributed by atoms with E-state index in [2.05, 4.69) is 36.3 Å². The number of carboxylic acid groups (broad SMARTS) is 1. The van der Waals surface area contributed by atoms with E-state index in [9.17, 15) is 19.8 Å². The van der Waals surface area contributed by atoms with E-state index in [-0.39, 0.29) is 23.4 Å². The van der Waals surface area contributed by atoms with Crippen molar-refractivity contribution in [2.75, 3.05) is 6.61 Å². The molecule has 7 heteroatoms. The van der Waals surface area contributed by atoms with E-state index < -0.39 is 23.5 Å². The third-order valence-corrected chi connectivity index (χ3v) is 10.5. The first-order valence-corrected chi connectivity index (χ1v) is 13.6. The molecule has 8 atom stereocenters. The van der Waals surface area contributed by atoms with Gasteiger partial charge in [-0.1, -0.05) is 50.8 Å². The Morgan fingerprint density at radius 1 is 1.22 bits per heavy atom. The average molecular weight is 499 g/mol. The number of rotatable bonds is 7. The predicted octanol–water partition coefficient (Wildman–Crippen LogP) is 4.30. The minimum Gasteiger partial charge on any atom is -0.480 e. The normalized spacial score (nSPS) is 40.1. The molecular formula is C29H42N2O5. The maximum Gasteiger partial charge on any atom is 0.326 e. The monoisotopic (exact) mass is 498 g/mol. The summed E-state index contributed by atoms with van der Waals surface area (Å²) in [5.74, 6) is 2.70. The number of aliphatic carboxylic acids is 1. The number of nitrogens with one attached hydrogen (secondary N) is 1. The van der Waals surface area contributed by atoms with Crippen LogP contribution in [0.25, 0.3) is 0 Å². The van der Waals surface area contributed by atoms with Gasteiger partial charge in [0.15, 0.2) is 6.61 Å². The van der Waals surface area contributed by atoms with Gasteiger partial charge in [0.05, 0.1) is 5.71 Å². The molecule has 3 N–H and O–H groups in total. The van der Waals surface area contributed by atoms with E-state index in [1.807, 2.05) is 6.92 Å². The smallest absolute Gasteiger partial charge is 0.326 e. The molecule has 0 aliphatic heterocycles. The van der Waals surface area contributed by atoms with Crippen LogP contribution in [0.3, 0.4) is 0 Å². The van der Waals surface area contributed by atoms with Crippen molar-refractivity contribution < 1.29 is 24.6 Å². The average Bonchev–Trinajstić information content (AvgIpc) is 3.13. The lowest BCUT2D eigenvalue weighted by atomic mass is 9.46. The fraction of sp³-hybridized carbons (Fsp3) is 0.759. The van der Waals surface area contributed by atoms with E-state index in [1.165, 1.54) is 5.57 Å². The zero-order valence-corrected chi connectivity index (χ0v) is 22.2. The fourth-order valence-electron chi connectivity index (χ4n) is 7.97. The van der Waals surface area contributed by atoms with Crippen LogP contribution in [0.1, 0.15) is 85.5 Å². The van der Waals surface area contributed by atoms with E-state index in [0.29, 0.717) is 30.6 Å². The summed E-state index contributed by atoms with van der Waals surface area (Å²) < 4.78 is 0. The molecule has 1 amide bonds. The van der Waals surface area contributed by atoms with Crippen molar-refractivity contribution in [3.8, 4) is 12.3 Å². The topological polar surface area (TPSA) is 108 Å². The molecule has 0 spiro atoms. The molecule has 3 saturated carbocycles. The van der Waals surface area contributed by atoms with E-state index >= 15 is 0 Å². The van der Waals surface area contributed by atoms with Gasteiger partial charge in [0.1, 0.15) is 11.6 Å². The molecule has 0 radical (unpaired) electrons. The molecule has 0 aromatic heterocycles. The molecule has 0 unspecified atom stereocenters. The van der Waals surface area contributed by atoms with Crippen LogP contribution in [0.4, 0.5) is 0 Å². The summed E-state index contributed by atoms with van der Waals surface area (Å²) in [5, 5.41) is 27.3. The number of oxime groups is 1. The Kier molecular flexibility index (Phi) is 7.31. The van der Waals surface area contributed by atoms with Gasteiger partial charge in [0, 0.05) is 5.41 Å². The maximum atomic E-state index is 12.2. The second-order valence-corrected chi connectivity index (χ2v) is 12.1. The third kappa shape index (κ3) is 4.36. The van der Waals surface area contributed by atoms with Crippen molar-refractivity contribution in [3.05, 3.63) is 11.6 Å². The number of hydrogen-bond acceptors (Lipinski definition) is 5. The van der Waals surface area contributed by atoms with Crippen molar-refractivity contribution in [1.82, 2.24) is 5.32 Å². The number of carboxylic acids is 1. The molecule has 4 rings (SSSR count). The molecule has 0 saturated heterocycles. The molecule has 0 aromatic carbocycles. The molecule has 3 fully saturated rings. The molecule has 0 aromatic rings. The lowest BCUT2D eigenvalue weighted by molar-refractivity contribution is -0.144. The van der Waals surface area contributed by atoms with Crippen molar-refractivity contribution in [1.29, 1.82) is 0 Å². The van der Waals surface area contributed by atoms with Gasteiger partial charge in [-0.15, -0.1) is 6.42 Å². The molecule has 7 nitrogen and oxygen atoms in total. The Bertz CT molecular complexity index is 998. The molecule has 198 valence electrons. The van der Waals surface area contributed by atoms with E-state index in [1.54, 1.807) is 6.92 Å². The molecule has 4 aliphatic carbocycles. The first-order chi connectivity index (χ1) is 17.0. The summed E-state index contributed by atoms with van der Waals surface area (Å²) in [6.07, 6.45) is 16.3. The number of amides is 1. The fourth-order valence-corrected chi connectivity index (χ4v) is 7.97. The Morgan fingerprint density at radius 3 is 2.61 bits per heavy atom. The van der Waals surface area contributed by atoms with Crippen LogP contribution in [-0.2, 0) is 14.4 Å². The minimum atomic E-state index is -1.04. The van der Waals surface area contributed by atoms with E-state index in [4.69, 9.17) is 11.3 Å². The van der Waals surface area contributed by atoms with Crippen LogP contribution < -0.4 is 5.32 Å². The first kappa shape index (κ1) is 26.7. The van der Waals surface area contributed by atoms with Crippen LogP contribution in [-0.4, -0.2) is 46.1 Å². The largest absolute Gasteiger partial charge is 0.480 e. The number of fused-ring (bicyclic) bond motifs is 5. The Morgan fingerprint density at radius 2 is 1.94 bits per heavy atom. The van der Waals surface area contributed by atoms with Gasteiger partial charge in [-0.3, -0.25) is 4.79 Å². The van der Waals surface area contributed by atoms with Gasteiger partial charge in [-0.25, -0.2) is 4.79 Å². The van der Waals surface area contributed by atoms with Crippen molar-refractivity contribution in [3.63, 3.8) is 0 Å². The number of aliphatic hydroxyl groups is 1. The standard InChI is InChI=1S/C29H42N2O5/c1-6-18(3)25(26(33)34)30-24(32)17-36-31-20-10-13-27(4)19(16-20)8-9-21-22(27)11-14-28(5)23(21)12-15-29(28,35)7-2/h2,16,18,21-23,25,35H,6,8-15,17H2,1,3-5H3,(H,30,32)(H,33,34)/b31-20-/t18-,21-,22+,23+,25+,27+,28+,29-/m1/s1. The van der Waals surface area contributed by atoms with Gasteiger partial charge in [0.2, 0.25) is 0 Å². The number of terminal acetylenes is 1. The van der Waals surface area contributed by atoms with Crippen LogP contribution in [0.5, 0.6) is 0 Å². The van der Waals surface area contributed by atoms with Crippen LogP contribution in [0.15, 0.2) is 16.8 Å². The maximum absolute atomic E-state index is 12.2. The highest BCUT2D eigenvalue weighted by molar-refractivity contribution is 5.96. The molecule has 0 heterocycles. The van der Waals surface area contributed by atoms with E-state index in [0.717, 1.165) is 50.7 Å². The molecule has 36 heavy (non-hydrogen) atoms. The second kappa shape index (κ2) is 9.85. The van der Waals surface area contributed by atoms with Gasteiger partial charge < -0.3 is 20.4 Å². The Balaban J connectivity index is 1.40. The summed E-state index contributed by atoms with van der Waals surface area (Å²) in [6, 6.07) is -0.930. The zero-order chi connectivity index (χ0) is 26.3. The third-order valence-electron chi connectivity index (χ3n) is 10.5. The zero-order valence-electron chi connectivity index (χ0n) is 22.2. The highest BCUT2D eigenvalue weighted by Gasteiger charge is 2.63. The summed E-state index contributed by atoms with van der Waals surface area (Å²) in [5.41, 5.74) is 1.20. The molecular weight excluding hydrogens is 456 g/mol. The van der Waals surface area contributed by atoms with Crippen LogP contribution in [0, 0.1) is 46.8 Å². The minimum absolute atomic E-state index is 0.114. The predicted molar refractivity (Wildman–Crippen MR) is 138 cm³/mol. The number of allylic oxidation sites excluding steroid dienone is 2. The first-order valence-electron chi connectivity index (χ1n) is 13.6. The highest BCUT2D eigenvalue weighted by atomic mass is 16.6. The van der Waals surface area contributed by atoms with Gasteiger partial charge in [0.25, 0.3) is 5.91 Å². The number of carbonyl (C=O) groups excluding carboxylic acids is 1. The summed E-state index contributed by atoms with van der Waals surface area (Å²) in [7, 11) is 0. The lowest BCUT2D eigenvalue weighted by Gasteiger charge is -2.58. The van der Waals surface area contributed by atoms with Crippen molar-refractivity contribution in [2.24, 2.45) is 39.7 Å². The molecule has 4 aliphatic rings. The van der Waals surface area contributed by atoms with Gasteiger partial charge >= 0.3 is 5.97 Å². The molecule has 0 bridgehead atoms. The van der Waals surface area contributed by atoms with Crippen LogP contribution in [0.2, 0.25) is 0 Å².